The fraction of sp³-hybridized carbons (Fsp3) is 0.160. The molecule has 1 aromatic carbocycles. The molecule has 0 spiro atoms. The number of carbonyl (C=O) groups excluding carboxylic acids is 1. The molecule has 0 saturated heterocycles. The average molecular weight is 619 g/mol. The van der Waals surface area contributed by atoms with Crippen molar-refractivity contribution in [2.75, 3.05) is 5.01 Å². The molecule has 0 radical (unpaired) electrons. The number of nitriles is 2. The topological polar surface area (TPSA) is 233 Å². The Kier molecular flexibility index (Phi) is 10.2. The van der Waals surface area contributed by atoms with E-state index in [1.54, 1.807) is 6.07 Å². The summed E-state index contributed by atoms with van der Waals surface area (Å²) in [4.78, 5) is 26.0. The SMILES string of the molecule is CCC(CCc1c(C#N)[nH]n(-c2ccc3cc2-3)c1=O)=C1C(=O)N(c2ccc(S(=O)(=O)O)cc2)N=C1C#N.O=S([O-])O.[Na+]. The molecule has 17 heteroatoms. The van der Waals surface area contributed by atoms with Crippen LogP contribution in [0.15, 0.2) is 68.4 Å². The van der Waals surface area contributed by atoms with Crippen LogP contribution in [0.1, 0.15) is 31.0 Å². The number of hydrazone groups is 1. The van der Waals surface area contributed by atoms with E-state index < -0.39 is 27.4 Å². The fourth-order valence-corrected chi connectivity index (χ4v) is 4.87. The van der Waals surface area contributed by atoms with Crippen molar-refractivity contribution < 1.29 is 60.6 Å². The van der Waals surface area contributed by atoms with Crippen LogP contribution in [0.3, 0.4) is 0 Å². The van der Waals surface area contributed by atoms with Gasteiger partial charge in [0.1, 0.15) is 17.8 Å². The van der Waals surface area contributed by atoms with E-state index in [0.717, 1.165) is 28.3 Å². The van der Waals surface area contributed by atoms with Crippen LogP contribution >= 0.6 is 0 Å². The van der Waals surface area contributed by atoms with Crippen LogP contribution < -0.4 is 40.1 Å². The zero-order valence-corrected chi connectivity index (χ0v) is 25.7. The second-order valence-electron chi connectivity index (χ2n) is 8.65. The van der Waals surface area contributed by atoms with Gasteiger partial charge in [-0.05, 0) is 61.2 Å². The number of carbonyl (C=O) groups is 1. The Balaban J connectivity index is 0.000000911. The van der Waals surface area contributed by atoms with E-state index in [2.05, 4.69) is 10.2 Å². The zero-order chi connectivity index (χ0) is 30.1. The van der Waals surface area contributed by atoms with Gasteiger partial charge in [0.05, 0.1) is 38.8 Å². The minimum atomic E-state index is -4.41. The minimum absolute atomic E-state index is 0. The summed E-state index contributed by atoms with van der Waals surface area (Å²) >= 11 is -2.86. The molecule has 14 nitrogen and oxygen atoms in total. The molecule has 42 heavy (non-hydrogen) atoms. The van der Waals surface area contributed by atoms with Crippen LogP contribution in [0.2, 0.25) is 0 Å². The molecule has 0 saturated carbocycles. The van der Waals surface area contributed by atoms with Gasteiger partial charge in [-0.2, -0.15) is 29.1 Å². The maximum Gasteiger partial charge on any atom is 1.00 e. The average Bonchev–Trinajstić information content (AvgIpc) is 3.29. The number of nitrogens with zero attached hydrogens (tertiary/aromatic N) is 5. The Hall–Kier alpha value is -3.71. The monoisotopic (exact) mass is 618 g/mol. The predicted molar refractivity (Wildman–Crippen MR) is 144 cm³/mol. The molecule has 5 rings (SSSR count). The maximum absolute atomic E-state index is 13.3. The summed E-state index contributed by atoms with van der Waals surface area (Å²) in [5.74, 6) is -0.574. The quantitative estimate of drug-likeness (QED) is 0.101. The van der Waals surface area contributed by atoms with Gasteiger partial charge in [-0.3, -0.25) is 19.2 Å². The van der Waals surface area contributed by atoms with E-state index in [1.807, 2.05) is 31.2 Å². The number of amides is 1. The number of aromatic nitrogens is 2. The molecular weight excluding hydrogens is 599 g/mol. The minimum Gasteiger partial charge on any atom is -0.750 e. The van der Waals surface area contributed by atoms with Gasteiger partial charge in [0, 0.05) is 5.56 Å². The molecule has 0 fully saturated rings. The third-order valence-corrected chi connectivity index (χ3v) is 7.22. The second-order valence-corrected chi connectivity index (χ2v) is 10.5. The predicted octanol–water partition coefficient (Wildman–Crippen LogP) is -0.828. The first kappa shape index (κ1) is 32.8. The van der Waals surface area contributed by atoms with Crippen molar-refractivity contribution in [2.45, 2.75) is 31.1 Å². The summed E-state index contributed by atoms with van der Waals surface area (Å²) in [7, 11) is -4.41. The first-order valence-electron chi connectivity index (χ1n) is 11.7. The Bertz CT molecular complexity index is 1910. The molecule has 1 aliphatic heterocycles. The summed E-state index contributed by atoms with van der Waals surface area (Å²) in [6.45, 7) is 1.81. The summed E-state index contributed by atoms with van der Waals surface area (Å²) in [6.07, 6.45) is 0.795. The number of hydrogen-bond donors (Lipinski definition) is 3. The molecule has 2 aromatic rings. The Labute approximate surface area is 263 Å². The van der Waals surface area contributed by atoms with Crippen molar-refractivity contribution >= 4 is 38.8 Å². The number of H-pyrrole nitrogens is 1. The van der Waals surface area contributed by atoms with Gasteiger partial charge in [-0.1, -0.05) is 18.6 Å². The molecule has 210 valence electrons. The number of allylic oxidation sites excluding steroid dienone is 1. The van der Waals surface area contributed by atoms with E-state index in [9.17, 15) is 33.1 Å². The Morgan fingerprint density at radius 2 is 1.79 bits per heavy atom. The van der Waals surface area contributed by atoms with E-state index >= 15 is 0 Å². The first-order valence-corrected chi connectivity index (χ1v) is 14.2. The van der Waals surface area contributed by atoms with Crippen LogP contribution in [-0.4, -0.2) is 47.7 Å². The van der Waals surface area contributed by atoms with Crippen molar-refractivity contribution in [2.24, 2.45) is 5.10 Å². The summed E-state index contributed by atoms with van der Waals surface area (Å²) in [5, 5.41) is 27.2. The van der Waals surface area contributed by atoms with E-state index in [4.69, 9.17) is 13.3 Å². The van der Waals surface area contributed by atoms with Gasteiger partial charge in [-0.25, -0.2) is 8.89 Å². The first-order chi connectivity index (χ1) is 19.4. The normalized spacial score (nSPS) is 15.0. The van der Waals surface area contributed by atoms with Crippen LogP contribution in [0.25, 0.3) is 16.8 Å². The van der Waals surface area contributed by atoms with Crippen LogP contribution in [-0.2, 0) is 32.7 Å². The number of rotatable bonds is 7. The van der Waals surface area contributed by atoms with E-state index in [-0.39, 0.29) is 81.1 Å². The molecule has 3 aliphatic rings. The summed E-state index contributed by atoms with van der Waals surface area (Å²) in [6, 6.07) is 14.4. The number of fused-ring (bicyclic) bond motifs is 1. The Morgan fingerprint density at radius 3 is 2.26 bits per heavy atom. The molecule has 1 atom stereocenters. The zero-order valence-electron chi connectivity index (χ0n) is 22.1. The number of aromatic amines is 1. The van der Waals surface area contributed by atoms with Gasteiger partial charge in [0.2, 0.25) is 0 Å². The smallest absolute Gasteiger partial charge is 0.750 e. The standard InChI is InChI=1S/C25H18N6O5S.Na.H2O3S/c1-2-14(3-9-18-20(12-26)28-31(24(18)32)22-10-4-15-11-19(15)22)23-21(13-27)29-30(25(23)33)16-5-7-17(8-6-16)37(34,35)36;;1-4(2)3/h4-8,10-11,28H,2-3,9H2,1H3,(H,34,35,36);;(H2,1,2,3)/q;+1;/p-1. The number of anilines is 1. The van der Waals surface area contributed by atoms with E-state index in [0.29, 0.717) is 17.7 Å². The Morgan fingerprint density at radius 1 is 1.14 bits per heavy atom. The molecule has 1 unspecified atom stereocenters. The number of nitrogens with one attached hydrogen (secondary N) is 1. The van der Waals surface area contributed by atoms with Gasteiger partial charge in [0.25, 0.3) is 21.6 Å². The van der Waals surface area contributed by atoms with Gasteiger partial charge in [-0.15, -0.1) is 0 Å². The van der Waals surface area contributed by atoms with Gasteiger partial charge >= 0.3 is 29.6 Å². The molecule has 3 N–H and O–H groups in total. The summed E-state index contributed by atoms with van der Waals surface area (Å²) in [5.41, 5.74) is 3.54. The van der Waals surface area contributed by atoms with Crippen molar-refractivity contribution in [3.8, 4) is 29.0 Å². The van der Waals surface area contributed by atoms with Gasteiger partial charge < -0.3 is 9.11 Å². The van der Waals surface area contributed by atoms with Crippen LogP contribution in [0.4, 0.5) is 5.69 Å². The molecule has 1 aromatic heterocycles. The van der Waals surface area contributed by atoms with Crippen molar-refractivity contribution in [1.82, 2.24) is 9.78 Å². The molecule has 2 aliphatic carbocycles. The molecular formula is C25H19N6NaO8S2. The van der Waals surface area contributed by atoms with E-state index in [1.165, 1.54) is 16.8 Å². The number of hydrogen-bond acceptors (Lipinski definition) is 9. The largest absolute Gasteiger partial charge is 1.00 e. The van der Waals surface area contributed by atoms with Gasteiger partial charge in [0.15, 0.2) is 5.71 Å². The van der Waals surface area contributed by atoms with Crippen molar-refractivity contribution in [3.05, 3.63) is 75.2 Å². The fourth-order valence-electron chi connectivity index (χ4n) is 4.39. The van der Waals surface area contributed by atoms with Crippen LogP contribution in [0.5, 0.6) is 0 Å². The third-order valence-electron chi connectivity index (χ3n) is 6.35. The third kappa shape index (κ3) is 6.67. The second kappa shape index (κ2) is 13.1. The maximum atomic E-state index is 13.3. The van der Waals surface area contributed by atoms with Crippen molar-refractivity contribution in [1.29, 1.82) is 10.5 Å². The molecule has 0 bridgehead atoms. The number of benzene rings is 2. The molecule has 2 heterocycles. The summed E-state index contributed by atoms with van der Waals surface area (Å²) < 4.78 is 57.2. The van der Waals surface area contributed by atoms with Crippen LogP contribution in [0, 0.1) is 22.7 Å². The molecule has 1 amide bonds. The van der Waals surface area contributed by atoms with Crippen molar-refractivity contribution in [3.63, 3.8) is 0 Å².